The van der Waals surface area contributed by atoms with Crippen molar-refractivity contribution in [3.8, 4) is 0 Å². The molecule has 3 rings (SSSR count). The molecule has 0 unspecified atom stereocenters. The number of amides is 2. The lowest BCUT2D eigenvalue weighted by Crippen LogP contribution is -2.33. The predicted octanol–water partition coefficient (Wildman–Crippen LogP) is 3.44. The molecule has 6 nitrogen and oxygen atoms in total. The number of anilines is 2. The number of carbonyl (C=O) groups excluding carboxylic acids is 3. The standard InChI is InChI=1S/C19H14ClFN2O4/c1-2-27-19(26)13-5-3-4-6-14(13)23-17(24)15(20)16(18(23)25)22-12-9-7-11(21)8-10-12/h3-10,22H,2H2,1H3. The Labute approximate surface area is 159 Å². The molecule has 0 fully saturated rings. The summed E-state index contributed by atoms with van der Waals surface area (Å²) < 4.78 is 18.0. The summed E-state index contributed by atoms with van der Waals surface area (Å²) in [4.78, 5) is 38.3. The van der Waals surface area contributed by atoms with Crippen LogP contribution in [0.4, 0.5) is 15.8 Å². The average Bonchev–Trinajstić information content (AvgIpc) is 2.87. The number of ether oxygens (including phenoxy) is 1. The van der Waals surface area contributed by atoms with E-state index in [2.05, 4.69) is 5.32 Å². The van der Waals surface area contributed by atoms with E-state index in [0.29, 0.717) is 5.69 Å². The topological polar surface area (TPSA) is 75.7 Å². The van der Waals surface area contributed by atoms with Gasteiger partial charge >= 0.3 is 5.97 Å². The number of hydrogen-bond donors (Lipinski definition) is 1. The Balaban J connectivity index is 1.94. The Morgan fingerprint density at radius 1 is 1.11 bits per heavy atom. The summed E-state index contributed by atoms with van der Waals surface area (Å²) in [5.41, 5.74) is 0.353. The first-order chi connectivity index (χ1) is 12.9. The van der Waals surface area contributed by atoms with Gasteiger partial charge in [0.05, 0.1) is 17.9 Å². The molecule has 138 valence electrons. The van der Waals surface area contributed by atoms with Crippen molar-refractivity contribution in [3.05, 3.63) is 70.6 Å². The highest BCUT2D eigenvalue weighted by Gasteiger charge is 2.40. The summed E-state index contributed by atoms with van der Waals surface area (Å²) in [6.45, 7) is 1.79. The second kappa shape index (κ2) is 7.59. The van der Waals surface area contributed by atoms with Crippen LogP contribution in [0.15, 0.2) is 59.3 Å². The van der Waals surface area contributed by atoms with E-state index in [1.807, 2.05) is 0 Å². The monoisotopic (exact) mass is 388 g/mol. The number of halogens is 2. The maximum Gasteiger partial charge on any atom is 0.340 e. The number of nitrogens with one attached hydrogen (secondary N) is 1. The summed E-state index contributed by atoms with van der Waals surface area (Å²) in [5.74, 6) is -2.61. The molecule has 0 radical (unpaired) electrons. The lowest BCUT2D eigenvalue weighted by Gasteiger charge is -2.18. The van der Waals surface area contributed by atoms with Crippen LogP contribution in [-0.4, -0.2) is 24.4 Å². The van der Waals surface area contributed by atoms with Gasteiger partial charge in [-0.2, -0.15) is 0 Å². The number of carbonyl (C=O) groups is 3. The molecular formula is C19H14ClFN2O4. The van der Waals surface area contributed by atoms with Crippen molar-refractivity contribution in [3.63, 3.8) is 0 Å². The van der Waals surface area contributed by atoms with Crippen LogP contribution in [0, 0.1) is 5.82 Å². The van der Waals surface area contributed by atoms with Gasteiger partial charge in [0.15, 0.2) is 0 Å². The lowest BCUT2D eigenvalue weighted by atomic mass is 10.1. The largest absolute Gasteiger partial charge is 0.462 e. The van der Waals surface area contributed by atoms with Gasteiger partial charge in [0.1, 0.15) is 16.5 Å². The number of rotatable bonds is 5. The van der Waals surface area contributed by atoms with E-state index in [9.17, 15) is 18.8 Å². The third-order valence-corrected chi connectivity index (χ3v) is 4.13. The summed E-state index contributed by atoms with van der Waals surface area (Å²) in [7, 11) is 0. The zero-order valence-corrected chi connectivity index (χ0v) is 14.9. The van der Waals surface area contributed by atoms with Gasteiger partial charge in [0.2, 0.25) is 0 Å². The smallest absolute Gasteiger partial charge is 0.340 e. The van der Waals surface area contributed by atoms with E-state index in [1.165, 1.54) is 36.4 Å². The number of nitrogens with zero attached hydrogens (tertiary/aromatic N) is 1. The third-order valence-electron chi connectivity index (χ3n) is 3.78. The fourth-order valence-electron chi connectivity index (χ4n) is 2.56. The second-order valence-electron chi connectivity index (χ2n) is 5.50. The van der Waals surface area contributed by atoms with Gasteiger partial charge < -0.3 is 10.1 Å². The average molecular weight is 389 g/mol. The molecule has 1 heterocycles. The lowest BCUT2D eigenvalue weighted by molar-refractivity contribution is -0.120. The molecule has 1 N–H and O–H groups in total. The van der Waals surface area contributed by atoms with Crippen LogP contribution >= 0.6 is 11.6 Å². The van der Waals surface area contributed by atoms with Crippen molar-refractivity contribution in [1.82, 2.24) is 0 Å². The van der Waals surface area contributed by atoms with Crippen LogP contribution in [0.25, 0.3) is 0 Å². The number of para-hydroxylation sites is 1. The Kier molecular flexibility index (Phi) is 5.23. The molecule has 1 aliphatic rings. The fraction of sp³-hybridized carbons (Fsp3) is 0.105. The second-order valence-corrected chi connectivity index (χ2v) is 5.88. The van der Waals surface area contributed by atoms with Crippen molar-refractivity contribution >= 4 is 40.8 Å². The van der Waals surface area contributed by atoms with Crippen molar-refractivity contribution in [1.29, 1.82) is 0 Å². The highest BCUT2D eigenvalue weighted by Crippen LogP contribution is 2.32. The van der Waals surface area contributed by atoms with Gasteiger partial charge in [-0.1, -0.05) is 23.7 Å². The van der Waals surface area contributed by atoms with Crippen LogP contribution in [-0.2, 0) is 14.3 Å². The molecule has 0 bridgehead atoms. The van der Waals surface area contributed by atoms with Crippen LogP contribution in [0.2, 0.25) is 0 Å². The minimum atomic E-state index is -0.775. The van der Waals surface area contributed by atoms with E-state index in [1.54, 1.807) is 19.1 Å². The van der Waals surface area contributed by atoms with Gasteiger partial charge in [0, 0.05) is 5.69 Å². The fourth-order valence-corrected chi connectivity index (χ4v) is 2.77. The van der Waals surface area contributed by atoms with Crippen molar-refractivity contribution in [2.45, 2.75) is 6.92 Å². The van der Waals surface area contributed by atoms with Gasteiger partial charge in [0.25, 0.3) is 11.8 Å². The van der Waals surface area contributed by atoms with E-state index < -0.39 is 23.6 Å². The highest BCUT2D eigenvalue weighted by molar-refractivity contribution is 6.53. The maximum absolute atomic E-state index is 13.0. The molecule has 0 aromatic heterocycles. The number of esters is 1. The maximum atomic E-state index is 13.0. The molecule has 27 heavy (non-hydrogen) atoms. The highest BCUT2D eigenvalue weighted by atomic mass is 35.5. The zero-order valence-electron chi connectivity index (χ0n) is 14.2. The number of hydrogen-bond acceptors (Lipinski definition) is 5. The molecule has 2 amide bonds. The molecule has 1 aliphatic heterocycles. The SMILES string of the molecule is CCOC(=O)c1ccccc1N1C(=O)C(Cl)=C(Nc2ccc(F)cc2)C1=O. The molecular weight excluding hydrogens is 375 g/mol. The molecule has 0 spiro atoms. The first-order valence-electron chi connectivity index (χ1n) is 8.01. The summed E-state index contributed by atoms with van der Waals surface area (Å²) in [6.07, 6.45) is 0. The third kappa shape index (κ3) is 3.54. The molecule has 2 aromatic carbocycles. The van der Waals surface area contributed by atoms with E-state index >= 15 is 0 Å². The Bertz CT molecular complexity index is 956. The van der Waals surface area contributed by atoms with Crippen molar-refractivity contribution in [2.75, 3.05) is 16.8 Å². The summed E-state index contributed by atoms with van der Waals surface area (Å²) >= 11 is 6.06. The van der Waals surface area contributed by atoms with Crippen molar-refractivity contribution in [2.24, 2.45) is 0 Å². The number of imide groups is 1. The predicted molar refractivity (Wildman–Crippen MR) is 97.8 cm³/mol. The Morgan fingerprint density at radius 3 is 2.44 bits per heavy atom. The minimum absolute atomic E-state index is 0.0635. The quantitative estimate of drug-likeness (QED) is 0.627. The number of benzene rings is 2. The van der Waals surface area contributed by atoms with E-state index in [4.69, 9.17) is 16.3 Å². The molecule has 0 aliphatic carbocycles. The first-order valence-corrected chi connectivity index (χ1v) is 8.39. The van der Waals surface area contributed by atoms with Crippen LogP contribution in [0.3, 0.4) is 0 Å². The van der Waals surface area contributed by atoms with Gasteiger partial charge in [-0.15, -0.1) is 0 Å². The first kappa shape index (κ1) is 18.6. The normalized spacial score (nSPS) is 14.0. The molecule has 8 heteroatoms. The van der Waals surface area contributed by atoms with E-state index in [-0.39, 0.29) is 28.6 Å². The van der Waals surface area contributed by atoms with E-state index in [0.717, 1.165) is 4.90 Å². The van der Waals surface area contributed by atoms with Gasteiger partial charge in [-0.3, -0.25) is 9.59 Å². The van der Waals surface area contributed by atoms with Crippen LogP contribution in [0.5, 0.6) is 0 Å². The van der Waals surface area contributed by atoms with Crippen LogP contribution < -0.4 is 10.2 Å². The summed E-state index contributed by atoms with van der Waals surface area (Å²) in [6, 6.07) is 11.3. The Morgan fingerprint density at radius 2 is 1.78 bits per heavy atom. The summed E-state index contributed by atoms with van der Waals surface area (Å²) in [5, 5.41) is 2.39. The Hall–Kier alpha value is -3.19. The van der Waals surface area contributed by atoms with Crippen molar-refractivity contribution < 1.29 is 23.5 Å². The molecule has 0 atom stereocenters. The van der Waals surface area contributed by atoms with Gasteiger partial charge in [-0.25, -0.2) is 14.1 Å². The molecule has 0 saturated carbocycles. The minimum Gasteiger partial charge on any atom is -0.462 e. The zero-order chi connectivity index (χ0) is 19.6. The van der Waals surface area contributed by atoms with Gasteiger partial charge in [-0.05, 0) is 43.3 Å². The molecule has 2 aromatic rings. The molecule has 0 saturated heterocycles. The van der Waals surface area contributed by atoms with Crippen LogP contribution in [0.1, 0.15) is 17.3 Å².